The van der Waals surface area contributed by atoms with Gasteiger partial charge in [-0.3, -0.25) is 0 Å². The molecule has 122 valence electrons. The first kappa shape index (κ1) is 15.1. The molecule has 0 unspecified atom stereocenters. The zero-order chi connectivity index (χ0) is 17.1. The lowest BCUT2D eigenvalue weighted by atomic mass is 10.2. The van der Waals surface area contributed by atoms with Gasteiger partial charge in [-0.25, -0.2) is 9.97 Å². The summed E-state index contributed by atoms with van der Waals surface area (Å²) in [6.07, 6.45) is 1.57. The number of para-hydroxylation sites is 2. The van der Waals surface area contributed by atoms with E-state index in [0.29, 0.717) is 0 Å². The predicted molar refractivity (Wildman–Crippen MR) is 101 cm³/mol. The monoisotopic (exact) mass is 327 g/mol. The number of benzene rings is 3. The first-order valence-electron chi connectivity index (χ1n) is 8.10. The summed E-state index contributed by atoms with van der Waals surface area (Å²) < 4.78 is 5.93. The molecule has 1 aromatic heterocycles. The average Bonchev–Trinajstić information content (AvgIpc) is 2.65. The zero-order valence-corrected chi connectivity index (χ0v) is 13.8. The van der Waals surface area contributed by atoms with Crippen molar-refractivity contribution in [2.24, 2.45) is 0 Å². The van der Waals surface area contributed by atoms with Gasteiger partial charge >= 0.3 is 0 Å². The number of hydrogen-bond donors (Lipinski definition) is 1. The summed E-state index contributed by atoms with van der Waals surface area (Å²) in [5.41, 5.74) is 2.93. The third-order valence-corrected chi connectivity index (χ3v) is 3.95. The van der Waals surface area contributed by atoms with Crippen LogP contribution in [0.5, 0.6) is 11.5 Å². The van der Waals surface area contributed by atoms with Crippen LogP contribution in [-0.4, -0.2) is 9.97 Å². The molecule has 0 aliphatic carbocycles. The van der Waals surface area contributed by atoms with Crippen molar-refractivity contribution in [1.29, 1.82) is 0 Å². The molecule has 1 heterocycles. The van der Waals surface area contributed by atoms with Gasteiger partial charge in [0.2, 0.25) is 0 Å². The van der Waals surface area contributed by atoms with Crippen molar-refractivity contribution in [2.45, 2.75) is 6.92 Å². The number of fused-ring (bicyclic) bond motifs is 1. The highest BCUT2D eigenvalue weighted by Crippen LogP contribution is 2.29. The maximum Gasteiger partial charge on any atom is 0.141 e. The summed E-state index contributed by atoms with van der Waals surface area (Å²) in [4.78, 5) is 8.66. The van der Waals surface area contributed by atoms with E-state index in [2.05, 4.69) is 21.4 Å². The molecule has 0 bridgehead atoms. The normalized spacial score (nSPS) is 10.6. The van der Waals surface area contributed by atoms with E-state index < -0.39 is 0 Å². The van der Waals surface area contributed by atoms with Crippen LogP contribution in [0.3, 0.4) is 0 Å². The first-order valence-corrected chi connectivity index (χ1v) is 8.10. The van der Waals surface area contributed by atoms with Gasteiger partial charge in [0.1, 0.15) is 23.6 Å². The lowest BCUT2D eigenvalue weighted by molar-refractivity contribution is 0.479. The van der Waals surface area contributed by atoms with Gasteiger partial charge < -0.3 is 10.1 Å². The Balaban J connectivity index is 1.60. The van der Waals surface area contributed by atoms with E-state index >= 15 is 0 Å². The molecule has 0 aliphatic rings. The summed E-state index contributed by atoms with van der Waals surface area (Å²) in [7, 11) is 0. The topological polar surface area (TPSA) is 47.0 Å². The molecule has 0 aliphatic heterocycles. The quantitative estimate of drug-likeness (QED) is 0.539. The third-order valence-electron chi connectivity index (χ3n) is 3.95. The number of aryl methyl sites for hydroxylation is 1. The summed E-state index contributed by atoms with van der Waals surface area (Å²) in [5.74, 6) is 2.46. The van der Waals surface area contributed by atoms with Crippen LogP contribution in [0.25, 0.3) is 10.9 Å². The highest BCUT2D eigenvalue weighted by atomic mass is 16.5. The SMILES string of the molecule is Cc1cc(Nc2ncnc3ccccc23)ccc1Oc1ccccc1. The van der Waals surface area contributed by atoms with Crippen LogP contribution < -0.4 is 10.1 Å². The predicted octanol–water partition coefficient (Wildman–Crippen LogP) is 5.47. The van der Waals surface area contributed by atoms with Crippen LogP contribution in [-0.2, 0) is 0 Å². The van der Waals surface area contributed by atoms with Gasteiger partial charge in [0.05, 0.1) is 5.52 Å². The fourth-order valence-electron chi connectivity index (χ4n) is 2.70. The minimum atomic E-state index is 0.793. The highest BCUT2D eigenvalue weighted by Gasteiger charge is 2.06. The van der Waals surface area contributed by atoms with Gasteiger partial charge in [-0.15, -0.1) is 0 Å². The maximum absolute atomic E-state index is 5.93. The molecule has 0 saturated carbocycles. The van der Waals surface area contributed by atoms with Crippen molar-refractivity contribution in [1.82, 2.24) is 9.97 Å². The van der Waals surface area contributed by atoms with Crippen LogP contribution >= 0.6 is 0 Å². The second-order valence-corrected chi connectivity index (χ2v) is 5.76. The second kappa shape index (κ2) is 6.61. The highest BCUT2D eigenvalue weighted by molar-refractivity contribution is 5.90. The van der Waals surface area contributed by atoms with E-state index in [1.807, 2.05) is 73.7 Å². The molecule has 4 aromatic rings. The van der Waals surface area contributed by atoms with Crippen molar-refractivity contribution < 1.29 is 4.74 Å². The molecule has 0 radical (unpaired) electrons. The first-order chi connectivity index (χ1) is 12.3. The summed E-state index contributed by atoms with van der Waals surface area (Å²) >= 11 is 0. The molecule has 25 heavy (non-hydrogen) atoms. The second-order valence-electron chi connectivity index (χ2n) is 5.76. The van der Waals surface area contributed by atoms with Gasteiger partial charge in [-0.1, -0.05) is 30.3 Å². The Morgan fingerprint density at radius 2 is 1.64 bits per heavy atom. The van der Waals surface area contributed by atoms with Crippen molar-refractivity contribution >= 4 is 22.4 Å². The third kappa shape index (κ3) is 3.28. The minimum absolute atomic E-state index is 0.793. The lowest BCUT2D eigenvalue weighted by Crippen LogP contribution is -1.97. The molecular weight excluding hydrogens is 310 g/mol. The van der Waals surface area contributed by atoms with E-state index in [9.17, 15) is 0 Å². The fraction of sp³-hybridized carbons (Fsp3) is 0.0476. The van der Waals surface area contributed by atoms with Crippen LogP contribution in [0, 0.1) is 6.92 Å². The Labute approximate surface area is 146 Å². The smallest absolute Gasteiger partial charge is 0.141 e. The van der Waals surface area contributed by atoms with E-state index in [0.717, 1.165) is 39.5 Å². The molecular formula is C21H17N3O. The molecule has 4 rings (SSSR count). The number of nitrogens with one attached hydrogen (secondary N) is 1. The van der Waals surface area contributed by atoms with Crippen molar-refractivity contribution in [3.63, 3.8) is 0 Å². The van der Waals surface area contributed by atoms with Gasteiger partial charge in [0.25, 0.3) is 0 Å². The number of aromatic nitrogens is 2. The molecule has 0 amide bonds. The molecule has 0 spiro atoms. The number of nitrogens with zero attached hydrogens (tertiary/aromatic N) is 2. The van der Waals surface area contributed by atoms with Gasteiger partial charge in [-0.05, 0) is 55.0 Å². The van der Waals surface area contributed by atoms with E-state index in [1.165, 1.54) is 0 Å². The van der Waals surface area contributed by atoms with E-state index in [-0.39, 0.29) is 0 Å². The summed E-state index contributed by atoms with van der Waals surface area (Å²) in [5, 5.41) is 4.36. The van der Waals surface area contributed by atoms with Gasteiger partial charge in [0.15, 0.2) is 0 Å². The Morgan fingerprint density at radius 3 is 2.48 bits per heavy atom. The minimum Gasteiger partial charge on any atom is -0.457 e. The van der Waals surface area contributed by atoms with Crippen LogP contribution in [0.4, 0.5) is 11.5 Å². The molecule has 0 atom stereocenters. The number of ether oxygens (including phenoxy) is 1. The molecule has 1 N–H and O–H groups in total. The number of rotatable bonds is 4. The number of anilines is 2. The molecule has 3 aromatic carbocycles. The average molecular weight is 327 g/mol. The summed E-state index contributed by atoms with van der Waals surface area (Å²) in [6.45, 7) is 2.03. The Kier molecular flexibility index (Phi) is 4.01. The van der Waals surface area contributed by atoms with E-state index in [1.54, 1.807) is 6.33 Å². The zero-order valence-electron chi connectivity index (χ0n) is 13.8. The largest absolute Gasteiger partial charge is 0.457 e. The summed E-state index contributed by atoms with van der Waals surface area (Å²) in [6, 6.07) is 23.7. The number of hydrogen-bond acceptors (Lipinski definition) is 4. The van der Waals surface area contributed by atoms with Crippen LogP contribution in [0.1, 0.15) is 5.56 Å². The fourth-order valence-corrected chi connectivity index (χ4v) is 2.70. The maximum atomic E-state index is 5.93. The van der Waals surface area contributed by atoms with Gasteiger partial charge in [-0.2, -0.15) is 0 Å². The van der Waals surface area contributed by atoms with Gasteiger partial charge in [0, 0.05) is 11.1 Å². The Morgan fingerprint density at radius 1 is 0.840 bits per heavy atom. The van der Waals surface area contributed by atoms with Crippen molar-refractivity contribution in [3.05, 3.63) is 84.7 Å². The Bertz CT molecular complexity index is 1010. The standard InChI is InChI=1S/C21H17N3O/c1-15-13-16(11-12-20(15)25-17-7-3-2-4-8-17)24-21-18-9-5-6-10-19(18)22-14-23-21/h2-14H,1H3,(H,22,23,24). The lowest BCUT2D eigenvalue weighted by Gasteiger charge is -2.12. The van der Waals surface area contributed by atoms with Crippen LogP contribution in [0.2, 0.25) is 0 Å². The Hall–Kier alpha value is -3.40. The molecule has 4 heteroatoms. The van der Waals surface area contributed by atoms with E-state index in [4.69, 9.17) is 4.74 Å². The molecule has 4 nitrogen and oxygen atoms in total. The van der Waals surface area contributed by atoms with Crippen molar-refractivity contribution in [2.75, 3.05) is 5.32 Å². The van der Waals surface area contributed by atoms with Crippen LogP contribution in [0.15, 0.2) is 79.1 Å². The van der Waals surface area contributed by atoms with Crippen molar-refractivity contribution in [3.8, 4) is 11.5 Å². The molecule has 0 fully saturated rings. The molecule has 0 saturated heterocycles.